The van der Waals surface area contributed by atoms with Crippen molar-refractivity contribution in [3.63, 3.8) is 0 Å². The van der Waals surface area contributed by atoms with Crippen molar-refractivity contribution >= 4 is 44.0 Å². The second-order valence-corrected chi connectivity index (χ2v) is 4.44. The summed E-state index contributed by atoms with van der Waals surface area (Å²) in [5, 5.41) is 5.29. The summed E-state index contributed by atoms with van der Waals surface area (Å²) in [5.74, 6) is -0.326. The summed E-state index contributed by atoms with van der Waals surface area (Å²) >= 11 is 6.74. The maximum atomic E-state index is 13.0. The number of fused-ring (bicyclic) bond motifs is 1. The minimum absolute atomic E-state index is 0.0204. The highest BCUT2D eigenvalue weighted by molar-refractivity contribution is 7.17. The molecule has 0 atom stereocenters. The predicted octanol–water partition coefficient (Wildman–Crippen LogP) is 3.16. The van der Waals surface area contributed by atoms with E-state index >= 15 is 0 Å². The minimum Gasteiger partial charge on any atom is -0.398 e. The summed E-state index contributed by atoms with van der Waals surface area (Å²) in [5.41, 5.74) is 0.568. The van der Waals surface area contributed by atoms with E-state index in [0.717, 1.165) is 10.1 Å². The molecule has 0 aliphatic heterocycles. The van der Waals surface area contributed by atoms with Crippen LogP contribution in [0, 0.1) is 5.82 Å². The van der Waals surface area contributed by atoms with Crippen molar-refractivity contribution in [3.8, 4) is 0 Å². The lowest BCUT2D eigenvalue weighted by Gasteiger charge is -1.99. The molecule has 0 aliphatic carbocycles. The van der Waals surface area contributed by atoms with Crippen LogP contribution in [0.2, 0.25) is 0 Å². The summed E-state index contributed by atoms with van der Waals surface area (Å²) in [6.07, 6.45) is 0. The third kappa shape index (κ3) is 2.30. The highest BCUT2D eigenvalue weighted by Gasteiger charge is 2.17. The van der Waals surface area contributed by atoms with Gasteiger partial charge in [-0.1, -0.05) is 5.16 Å². The van der Waals surface area contributed by atoms with Crippen LogP contribution in [0.1, 0.15) is 5.56 Å². The Morgan fingerprint density at radius 1 is 1.53 bits per heavy atom. The molecule has 0 bridgehead atoms. The Bertz CT molecular complexity index is 609. The standard InChI is InChI=1S/C11H7ClFNO2S/c1-16-14-10(11(12)15)8-5-17-9-4-6(13)2-3-7(8)9/h2-5H,1H3. The molecule has 88 valence electrons. The van der Waals surface area contributed by atoms with Gasteiger partial charge < -0.3 is 4.84 Å². The molecule has 1 heterocycles. The molecule has 2 rings (SSSR count). The molecule has 0 spiro atoms. The van der Waals surface area contributed by atoms with Gasteiger partial charge in [0, 0.05) is 21.0 Å². The van der Waals surface area contributed by atoms with Gasteiger partial charge in [0.05, 0.1) is 0 Å². The van der Waals surface area contributed by atoms with Crippen molar-refractivity contribution < 1.29 is 14.0 Å². The largest absolute Gasteiger partial charge is 0.398 e. The Morgan fingerprint density at radius 2 is 2.29 bits per heavy atom. The number of rotatable bonds is 3. The van der Waals surface area contributed by atoms with Crippen LogP contribution >= 0.6 is 22.9 Å². The summed E-state index contributed by atoms with van der Waals surface area (Å²) in [7, 11) is 1.33. The number of hydrogen-bond acceptors (Lipinski definition) is 4. The molecule has 1 aromatic carbocycles. The SMILES string of the molecule is CON=C(C(=O)Cl)c1csc2cc(F)ccc12. The molecule has 1 aromatic heterocycles. The summed E-state index contributed by atoms with van der Waals surface area (Å²) < 4.78 is 13.7. The number of halogens is 2. The van der Waals surface area contributed by atoms with Crippen LogP contribution in [0.25, 0.3) is 10.1 Å². The molecule has 0 unspecified atom stereocenters. The highest BCUT2D eigenvalue weighted by Crippen LogP contribution is 2.27. The predicted molar refractivity (Wildman–Crippen MR) is 66.2 cm³/mol. The first-order valence-electron chi connectivity index (χ1n) is 4.61. The first-order chi connectivity index (χ1) is 8.13. The van der Waals surface area contributed by atoms with Gasteiger partial charge in [0.25, 0.3) is 5.24 Å². The van der Waals surface area contributed by atoms with Gasteiger partial charge in [-0.2, -0.15) is 0 Å². The van der Waals surface area contributed by atoms with Gasteiger partial charge in [0.2, 0.25) is 0 Å². The lowest BCUT2D eigenvalue weighted by molar-refractivity contribution is -0.106. The topological polar surface area (TPSA) is 38.7 Å². The van der Waals surface area contributed by atoms with Crippen LogP contribution in [-0.2, 0) is 9.63 Å². The fraction of sp³-hybridized carbons (Fsp3) is 0.0909. The zero-order valence-corrected chi connectivity index (χ0v) is 10.3. The number of carbonyl (C=O) groups is 1. The Balaban J connectivity index is 2.62. The second kappa shape index (κ2) is 4.81. The Kier molecular flexibility index (Phi) is 3.40. The van der Waals surface area contributed by atoms with Crippen LogP contribution in [0.4, 0.5) is 4.39 Å². The molecule has 0 saturated carbocycles. The van der Waals surface area contributed by atoms with E-state index in [0.29, 0.717) is 5.56 Å². The Hall–Kier alpha value is -1.46. The van der Waals surface area contributed by atoms with E-state index in [1.54, 1.807) is 11.4 Å². The second-order valence-electron chi connectivity index (χ2n) is 3.19. The zero-order valence-electron chi connectivity index (χ0n) is 8.74. The van der Waals surface area contributed by atoms with E-state index in [4.69, 9.17) is 11.6 Å². The number of carbonyl (C=O) groups excluding carboxylic acids is 1. The van der Waals surface area contributed by atoms with Crippen LogP contribution in [0.15, 0.2) is 28.7 Å². The summed E-state index contributed by atoms with van der Waals surface area (Å²) in [6.45, 7) is 0. The van der Waals surface area contributed by atoms with Gasteiger partial charge in [0.1, 0.15) is 12.9 Å². The normalized spacial score (nSPS) is 11.8. The molecule has 0 radical (unpaired) electrons. The van der Waals surface area contributed by atoms with Crippen molar-refractivity contribution in [3.05, 3.63) is 35.0 Å². The maximum Gasteiger partial charge on any atom is 0.274 e. The fourth-order valence-corrected chi connectivity index (χ4v) is 2.57. The lowest BCUT2D eigenvalue weighted by Crippen LogP contribution is -2.09. The summed E-state index contributed by atoms with van der Waals surface area (Å²) in [6, 6.07) is 4.30. The van der Waals surface area contributed by atoms with E-state index < -0.39 is 5.24 Å². The quantitative estimate of drug-likeness (QED) is 0.489. The molecule has 17 heavy (non-hydrogen) atoms. The number of hydrogen-bond donors (Lipinski definition) is 0. The first-order valence-corrected chi connectivity index (χ1v) is 5.87. The Morgan fingerprint density at radius 3 is 2.94 bits per heavy atom. The van der Waals surface area contributed by atoms with Gasteiger partial charge in [-0.3, -0.25) is 4.79 Å². The van der Waals surface area contributed by atoms with Gasteiger partial charge >= 0.3 is 0 Å². The van der Waals surface area contributed by atoms with Crippen molar-refractivity contribution in [2.24, 2.45) is 5.16 Å². The Labute approximate surface area is 105 Å². The third-order valence-electron chi connectivity index (χ3n) is 2.16. The third-order valence-corrected chi connectivity index (χ3v) is 3.29. The maximum absolute atomic E-state index is 13.0. The molecule has 0 fully saturated rings. The first kappa shape index (κ1) is 12.0. The molecule has 6 heteroatoms. The lowest BCUT2D eigenvalue weighted by atomic mass is 10.1. The van der Waals surface area contributed by atoms with Gasteiger partial charge in [-0.25, -0.2) is 4.39 Å². The van der Waals surface area contributed by atoms with Crippen molar-refractivity contribution in [2.75, 3.05) is 7.11 Å². The highest BCUT2D eigenvalue weighted by atomic mass is 35.5. The molecule has 3 nitrogen and oxygen atoms in total. The molecule has 0 saturated heterocycles. The van der Waals surface area contributed by atoms with E-state index in [1.807, 2.05) is 0 Å². The van der Waals surface area contributed by atoms with Crippen molar-refractivity contribution in [1.29, 1.82) is 0 Å². The van der Waals surface area contributed by atoms with Gasteiger partial charge in [-0.15, -0.1) is 11.3 Å². The zero-order chi connectivity index (χ0) is 12.4. The van der Waals surface area contributed by atoms with Crippen LogP contribution in [0.3, 0.4) is 0 Å². The monoisotopic (exact) mass is 271 g/mol. The van der Waals surface area contributed by atoms with Gasteiger partial charge in [0.15, 0.2) is 5.71 Å². The van der Waals surface area contributed by atoms with E-state index in [2.05, 4.69) is 9.99 Å². The number of oxime groups is 1. The number of nitrogens with zero attached hydrogens (tertiary/aromatic N) is 1. The van der Waals surface area contributed by atoms with Crippen LogP contribution in [-0.4, -0.2) is 18.1 Å². The van der Waals surface area contributed by atoms with Crippen LogP contribution < -0.4 is 0 Å². The average Bonchev–Trinajstić information content (AvgIpc) is 2.68. The summed E-state index contributed by atoms with van der Waals surface area (Å²) in [4.78, 5) is 15.8. The van der Waals surface area contributed by atoms with Gasteiger partial charge in [-0.05, 0) is 29.8 Å². The molecular formula is C11H7ClFNO2S. The molecule has 0 aliphatic rings. The number of benzene rings is 1. The average molecular weight is 272 g/mol. The van der Waals surface area contributed by atoms with Crippen molar-refractivity contribution in [2.45, 2.75) is 0 Å². The van der Waals surface area contributed by atoms with E-state index in [9.17, 15) is 9.18 Å². The van der Waals surface area contributed by atoms with Crippen LogP contribution in [0.5, 0.6) is 0 Å². The fourth-order valence-electron chi connectivity index (χ4n) is 1.47. The minimum atomic E-state index is -0.712. The number of thiophene rings is 1. The van der Waals surface area contributed by atoms with E-state index in [1.165, 1.54) is 30.6 Å². The smallest absolute Gasteiger partial charge is 0.274 e. The van der Waals surface area contributed by atoms with Crippen molar-refractivity contribution in [1.82, 2.24) is 0 Å². The van der Waals surface area contributed by atoms with E-state index in [-0.39, 0.29) is 11.5 Å². The molecule has 2 aromatic rings. The molecule has 0 amide bonds. The molecular weight excluding hydrogens is 265 g/mol. The molecule has 0 N–H and O–H groups in total.